The second-order valence-corrected chi connectivity index (χ2v) is 4.50. The number of furan rings is 1. The molecule has 0 aromatic carbocycles. The van der Waals surface area contributed by atoms with Crippen LogP contribution in [0.2, 0.25) is 0 Å². The summed E-state index contributed by atoms with van der Waals surface area (Å²) in [6, 6.07) is 5.99. The summed E-state index contributed by atoms with van der Waals surface area (Å²) in [5.74, 6) is 1.87. The molecule has 0 amide bonds. The molecule has 2 heterocycles. The van der Waals surface area contributed by atoms with Crippen LogP contribution in [0.1, 0.15) is 31.3 Å². The first-order valence-corrected chi connectivity index (χ1v) is 6.09. The highest BCUT2D eigenvalue weighted by Gasteiger charge is 2.20. The molecule has 92 valence electrons. The van der Waals surface area contributed by atoms with E-state index in [0.29, 0.717) is 24.3 Å². The van der Waals surface area contributed by atoms with Gasteiger partial charge in [0.25, 0.3) is 0 Å². The minimum atomic E-state index is 0.375. The van der Waals surface area contributed by atoms with Gasteiger partial charge in [0.15, 0.2) is 0 Å². The Labute approximate surface area is 102 Å². The summed E-state index contributed by atoms with van der Waals surface area (Å²) in [5, 5.41) is 12.1. The predicted octanol–water partition coefficient (Wildman–Crippen LogP) is 2.06. The standard InChI is InChI=1S/C13H18N2O2/c1-10(11-4-6-16-7-5-11)15-9-13-3-2-12(8-14)17-13/h2-3,10-11,15H,4-7,9H2,1H3. The average Bonchev–Trinajstić information content (AvgIpc) is 2.85. The average molecular weight is 234 g/mol. The van der Waals surface area contributed by atoms with E-state index in [1.165, 1.54) is 0 Å². The van der Waals surface area contributed by atoms with E-state index in [1.807, 2.05) is 12.1 Å². The van der Waals surface area contributed by atoms with E-state index in [4.69, 9.17) is 14.4 Å². The molecule has 1 unspecified atom stereocenters. The zero-order chi connectivity index (χ0) is 12.1. The third-order valence-corrected chi connectivity index (χ3v) is 3.34. The van der Waals surface area contributed by atoms with Crippen LogP contribution in [-0.2, 0) is 11.3 Å². The number of nitriles is 1. The fraction of sp³-hybridized carbons (Fsp3) is 0.615. The number of nitrogens with one attached hydrogen (secondary N) is 1. The van der Waals surface area contributed by atoms with Crippen molar-refractivity contribution >= 4 is 0 Å². The molecule has 1 saturated heterocycles. The van der Waals surface area contributed by atoms with Crippen molar-refractivity contribution in [1.29, 1.82) is 5.26 Å². The molecule has 1 aromatic heterocycles. The van der Waals surface area contributed by atoms with E-state index in [2.05, 4.69) is 12.2 Å². The quantitative estimate of drug-likeness (QED) is 0.866. The normalized spacial score (nSPS) is 18.8. The molecule has 2 rings (SSSR count). The van der Waals surface area contributed by atoms with Crippen LogP contribution in [0.4, 0.5) is 0 Å². The van der Waals surface area contributed by atoms with Crippen LogP contribution in [-0.4, -0.2) is 19.3 Å². The maximum absolute atomic E-state index is 8.65. The number of hydrogen-bond donors (Lipinski definition) is 1. The highest BCUT2D eigenvalue weighted by atomic mass is 16.5. The molecule has 1 aliphatic heterocycles. The van der Waals surface area contributed by atoms with Gasteiger partial charge in [-0.25, -0.2) is 0 Å². The Balaban J connectivity index is 1.79. The maximum Gasteiger partial charge on any atom is 0.203 e. The lowest BCUT2D eigenvalue weighted by Crippen LogP contribution is -2.36. The van der Waals surface area contributed by atoms with Crippen molar-refractivity contribution in [2.75, 3.05) is 13.2 Å². The van der Waals surface area contributed by atoms with Crippen molar-refractivity contribution in [3.05, 3.63) is 23.7 Å². The van der Waals surface area contributed by atoms with Gasteiger partial charge in [0, 0.05) is 19.3 Å². The smallest absolute Gasteiger partial charge is 0.203 e. The molecule has 1 fully saturated rings. The number of nitrogens with zero attached hydrogens (tertiary/aromatic N) is 1. The molecular formula is C13H18N2O2. The van der Waals surface area contributed by atoms with Crippen molar-refractivity contribution in [3.8, 4) is 6.07 Å². The first-order valence-electron chi connectivity index (χ1n) is 6.09. The van der Waals surface area contributed by atoms with Gasteiger partial charge in [-0.05, 0) is 37.8 Å². The summed E-state index contributed by atoms with van der Waals surface area (Å²) in [4.78, 5) is 0. The van der Waals surface area contributed by atoms with E-state index < -0.39 is 0 Å². The van der Waals surface area contributed by atoms with Crippen LogP contribution in [0.3, 0.4) is 0 Å². The van der Waals surface area contributed by atoms with E-state index in [9.17, 15) is 0 Å². The van der Waals surface area contributed by atoms with Gasteiger partial charge < -0.3 is 14.5 Å². The number of ether oxygens (including phenoxy) is 1. The van der Waals surface area contributed by atoms with E-state index in [-0.39, 0.29) is 0 Å². The highest BCUT2D eigenvalue weighted by molar-refractivity contribution is 5.18. The Hall–Kier alpha value is -1.31. The molecule has 4 heteroatoms. The summed E-state index contributed by atoms with van der Waals surface area (Å²) < 4.78 is 10.7. The molecule has 4 nitrogen and oxygen atoms in total. The van der Waals surface area contributed by atoms with E-state index in [0.717, 1.165) is 31.8 Å². The fourth-order valence-corrected chi connectivity index (χ4v) is 2.18. The van der Waals surface area contributed by atoms with Gasteiger partial charge in [-0.15, -0.1) is 0 Å². The summed E-state index contributed by atoms with van der Waals surface area (Å²) >= 11 is 0. The summed E-state index contributed by atoms with van der Waals surface area (Å²) in [7, 11) is 0. The zero-order valence-corrected chi connectivity index (χ0v) is 10.1. The summed E-state index contributed by atoms with van der Waals surface area (Å²) in [6.45, 7) is 4.62. The lowest BCUT2D eigenvalue weighted by molar-refractivity contribution is 0.0555. The minimum absolute atomic E-state index is 0.375. The Bertz CT molecular complexity index is 388. The molecule has 1 aromatic rings. The molecule has 0 bridgehead atoms. The maximum atomic E-state index is 8.65. The Morgan fingerprint density at radius 1 is 1.47 bits per heavy atom. The van der Waals surface area contributed by atoms with Crippen LogP contribution in [0, 0.1) is 17.2 Å². The van der Waals surface area contributed by atoms with Gasteiger partial charge in [-0.2, -0.15) is 5.26 Å². The van der Waals surface area contributed by atoms with Crippen LogP contribution in [0.5, 0.6) is 0 Å². The lowest BCUT2D eigenvalue weighted by Gasteiger charge is -2.28. The van der Waals surface area contributed by atoms with E-state index >= 15 is 0 Å². The fourth-order valence-electron chi connectivity index (χ4n) is 2.18. The Morgan fingerprint density at radius 2 is 2.24 bits per heavy atom. The van der Waals surface area contributed by atoms with Crippen LogP contribution in [0.15, 0.2) is 16.5 Å². The van der Waals surface area contributed by atoms with Crippen LogP contribution in [0.25, 0.3) is 0 Å². The molecule has 1 atom stereocenters. The van der Waals surface area contributed by atoms with Crippen LogP contribution < -0.4 is 5.32 Å². The largest absolute Gasteiger partial charge is 0.449 e. The van der Waals surface area contributed by atoms with Crippen molar-refractivity contribution < 1.29 is 9.15 Å². The predicted molar refractivity (Wildman–Crippen MR) is 63.3 cm³/mol. The molecule has 1 N–H and O–H groups in total. The van der Waals surface area contributed by atoms with Crippen LogP contribution >= 0.6 is 0 Å². The number of hydrogen-bond acceptors (Lipinski definition) is 4. The first-order chi connectivity index (χ1) is 8.29. The van der Waals surface area contributed by atoms with Gasteiger partial charge in [0.1, 0.15) is 11.8 Å². The zero-order valence-electron chi connectivity index (χ0n) is 10.1. The van der Waals surface area contributed by atoms with Crippen molar-refractivity contribution in [3.63, 3.8) is 0 Å². The molecule has 17 heavy (non-hydrogen) atoms. The van der Waals surface area contributed by atoms with Crippen molar-refractivity contribution in [2.24, 2.45) is 5.92 Å². The second kappa shape index (κ2) is 5.85. The van der Waals surface area contributed by atoms with Gasteiger partial charge in [-0.1, -0.05) is 0 Å². The topological polar surface area (TPSA) is 58.2 Å². The second-order valence-electron chi connectivity index (χ2n) is 4.50. The highest BCUT2D eigenvalue weighted by Crippen LogP contribution is 2.19. The first kappa shape index (κ1) is 12.2. The van der Waals surface area contributed by atoms with Crippen molar-refractivity contribution in [1.82, 2.24) is 5.32 Å². The molecule has 0 spiro atoms. The molecule has 0 aliphatic carbocycles. The molecule has 0 saturated carbocycles. The molecule has 1 aliphatic rings. The van der Waals surface area contributed by atoms with Gasteiger partial charge in [-0.3, -0.25) is 0 Å². The minimum Gasteiger partial charge on any atom is -0.449 e. The monoisotopic (exact) mass is 234 g/mol. The SMILES string of the molecule is CC(NCc1ccc(C#N)o1)C1CCOCC1. The molecule has 0 radical (unpaired) electrons. The molecular weight excluding hydrogens is 216 g/mol. The Morgan fingerprint density at radius 3 is 2.88 bits per heavy atom. The Kier molecular flexibility index (Phi) is 4.18. The third kappa shape index (κ3) is 3.32. The third-order valence-electron chi connectivity index (χ3n) is 3.34. The van der Waals surface area contributed by atoms with Gasteiger partial charge in [0.2, 0.25) is 5.76 Å². The number of rotatable bonds is 4. The lowest BCUT2D eigenvalue weighted by atomic mass is 9.93. The van der Waals surface area contributed by atoms with Crippen molar-refractivity contribution in [2.45, 2.75) is 32.4 Å². The van der Waals surface area contributed by atoms with Gasteiger partial charge >= 0.3 is 0 Å². The van der Waals surface area contributed by atoms with E-state index in [1.54, 1.807) is 6.07 Å². The summed E-state index contributed by atoms with van der Waals surface area (Å²) in [6.07, 6.45) is 2.24. The van der Waals surface area contributed by atoms with Gasteiger partial charge in [0.05, 0.1) is 6.54 Å². The summed E-state index contributed by atoms with van der Waals surface area (Å²) in [5.41, 5.74) is 0.